The van der Waals surface area contributed by atoms with Crippen LogP contribution in [0.25, 0.3) is 0 Å². The summed E-state index contributed by atoms with van der Waals surface area (Å²) in [4.78, 5) is 2.25. The minimum atomic E-state index is -0.324. The summed E-state index contributed by atoms with van der Waals surface area (Å²) in [5, 5.41) is 0. The monoisotopic (exact) mass is 337 g/mol. The Kier molecular flexibility index (Phi) is 4.69. The van der Waals surface area contributed by atoms with Crippen molar-refractivity contribution >= 4 is 18.3 Å². The predicted molar refractivity (Wildman–Crippen MR) is 105 cm³/mol. The quantitative estimate of drug-likeness (QED) is 0.789. The fourth-order valence-electron chi connectivity index (χ4n) is 3.04. The summed E-state index contributed by atoms with van der Waals surface area (Å²) in [6.07, 6.45) is 0. The van der Waals surface area contributed by atoms with Crippen LogP contribution in [0.4, 0.5) is 5.69 Å². The number of hydrogen-bond acceptors (Lipinski definition) is 3. The molecule has 0 aliphatic carbocycles. The van der Waals surface area contributed by atoms with Gasteiger partial charge in [0.1, 0.15) is 0 Å². The summed E-state index contributed by atoms with van der Waals surface area (Å²) in [7, 11) is 1.79. The second-order valence-corrected chi connectivity index (χ2v) is 7.97. The molecule has 0 unspecified atom stereocenters. The van der Waals surface area contributed by atoms with Gasteiger partial charge < -0.3 is 14.2 Å². The molecule has 1 fully saturated rings. The Morgan fingerprint density at radius 2 is 1.52 bits per heavy atom. The highest BCUT2D eigenvalue weighted by molar-refractivity contribution is 6.62. The van der Waals surface area contributed by atoms with E-state index in [0.717, 1.165) is 12.0 Å². The Bertz CT molecular complexity index is 727. The first-order valence-corrected chi connectivity index (χ1v) is 8.91. The molecule has 2 aromatic carbocycles. The van der Waals surface area contributed by atoms with Gasteiger partial charge in [0.15, 0.2) is 0 Å². The smallest absolute Gasteiger partial charge is 0.399 e. The topological polar surface area (TPSA) is 21.7 Å². The molecule has 25 heavy (non-hydrogen) atoms. The average Bonchev–Trinajstić information content (AvgIpc) is 2.76. The molecule has 0 saturated carbocycles. The molecule has 4 heteroatoms. The van der Waals surface area contributed by atoms with Crippen molar-refractivity contribution < 1.29 is 9.31 Å². The lowest BCUT2D eigenvalue weighted by Gasteiger charge is -2.32. The Morgan fingerprint density at radius 3 is 2.12 bits per heavy atom. The average molecular weight is 337 g/mol. The van der Waals surface area contributed by atoms with E-state index in [1.165, 1.54) is 16.8 Å². The first-order chi connectivity index (χ1) is 11.7. The van der Waals surface area contributed by atoms with Gasteiger partial charge in [0.2, 0.25) is 0 Å². The molecule has 132 valence electrons. The Balaban J connectivity index is 1.84. The zero-order valence-corrected chi connectivity index (χ0v) is 16.2. The summed E-state index contributed by atoms with van der Waals surface area (Å²) < 4.78 is 12.5. The summed E-state index contributed by atoms with van der Waals surface area (Å²) in [5.74, 6) is 0. The molecule has 0 N–H and O–H groups in total. The van der Waals surface area contributed by atoms with Crippen molar-refractivity contribution in [1.29, 1.82) is 0 Å². The van der Waals surface area contributed by atoms with Crippen LogP contribution in [-0.4, -0.2) is 25.4 Å². The Hall–Kier alpha value is -1.78. The molecule has 1 aliphatic rings. The van der Waals surface area contributed by atoms with E-state index in [9.17, 15) is 0 Å². The molecule has 0 spiro atoms. The van der Waals surface area contributed by atoms with E-state index in [-0.39, 0.29) is 18.3 Å². The van der Waals surface area contributed by atoms with Crippen LogP contribution in [0, 0.1) is 6.92 Å². The van der Waals surface area contributed by atoms with Crippen LogP contribution in [0.2, 0.25) is 0 Å². The van der Waals surface area contributed by atoms with Crippen LogP contribution < -0.4 is 10.4 Å². The maximum Gasteiger partial charge on any atom is 0.495 e. The van der Waals surface area contributed by atoms with Gasteiger partial charge in [-0.3, -0.25) is 0 Å². The fraction of sp³-hybridized carbons (Fsp3) is 0.429. The number of nitrogens with zero attached hydrogens (tertiary/aromatic N) is 1. The summed E-state index contributed by atoms with van der Waals surface area (Å²) in [5.41, 5.74) is 4.11. The van der Waals surface area contributed by atoms with Gasteiger partial charge in [-0.15, -0.1) is 0 Å². The lowest BCUT2D eigenvalue weighted by Crippen LogP contribution is -2.41. The molecule has 3 rings (SSSR count). The molecular weight excluding hydrogens is 309 g/mol. The van der Waals surface area contributed by atoms with E-state index in [1.54, 1.807) is 0 Å². The molecule has 1 heterocycles. The van der Waals surface area contributed by atoms with Gasteiger partial charge in [0.25, 0.3) is 0 Å². The number of hydrogen-bond donors (Lipinski definition) is 0. The summed E-state index contributed by atoms with van der Waals surface area (Å²) >= 11 is 0. The van der Waals surface area contributed by atoms with Crippen molar-refractivity contribution in [3.8, 4) is 0 Å². The van der Waals surface area contributed by atoms with Crippen molar-refractivity contribution in [3.05, 3.63) is 59.7 Å². The van der Waals surface area contributed by atoms with E-state index in [1.807, 2.05) is 6.07 Å². The molecular formula is C21H28BNO2. The van der Waals surface area contributed by atoms with Crippen LogP contribution >= 0.6 is 0 Å². The standard InChI is InChI=1S/C21H28BNO2/c1-16-12-13-18(23(6)15-17-10-8-7-9-11-17)14-19(16)22-24-20(2,3)21(4,5)25-22/h7-14H,15H2,1-6H3. The van der Waals surface area contributed by atoms with Crippen molar-refractivity contribution in [2.45, 2.75) is 52.4 Å². The number of benzene rings is 2. The van der Waals surface area contributed by atoms with Gasteiger partial charge in [0.05, 0.1) is 11.2 Å². The highest BCUT2D eigenvalue weighted by atomic mass is 16.7. The van der Waals surface area contributed by atoms with E-state index in [2.05, 4.69) is 89.0 Å². The number of aryl methyl sites for hydroxylation is 1. The van der Waals surface area contributed by atoms with Crippen molar-refractivity contribution in [1.82, 2.24) is 0 Å². The highest BCUT2D eigenvalue weighted by Gasteiger charge is 2.52. The van der Waals surface area contributed by atoms with E-state index in [0.29, 0.717) is 0 Å². The molecule has 2 aromatic rings. The van der Waals surface area contributed by atoms with Crippen molar-refractivity contribution in [3.63, 3.8) is 0 Å². The van der Waals surface area contributed by atoms with Crippen molar-refractivity contribution in [2.75, 3.05) is 11.9 Å². The molecule has 0 bridgehead atoms. The molecule has 1 saturated heterocycles. The lowest BCUT2D eigenvalue weighted by atomic mass is 9.76. The van der Waals surface area contributed by atoms with Crippen LogP contribution in [0.3, 0.4) is 0 Å². The van der Waals surface area contributed by atoms with Gasteiger partial charge in [-0.2, -0.15) is 0 Å². The second-order valence-electron chi connectivity index (χ2n) is 7.97. The highest BCUT2D eigenvalue weighted by Crippen LogP contribution is 2.37. The maximum absolute atomic E-state index is 6.24. The van der Waals surface area contributed by atoms with Crippen molar-refractivity contribution in [2.24, 2.45) is 0 Å². The van der Waals surface area contributed by atoms with E-state index in [4.69, 9.17) is 9.31 Å². The first-order valence-electron chi connectivity index (χ1n) is 8.91. The van der Waals surface area contributed by atoms with Crippen LogP contribution in [0.1, 0.15) is 38.8 Å². The third-order valence-electron chi connectivity index (χ3n) is 5.47. The third-order valence-corrected chi connectivity index (χ3v) is 5.47. The minimum Gasteiger partial charge on any atom is -0.399 e. The van der Waals surface area contributed by atoms with E-state index >= 15 is 0 Å². The normalized spacial score (nSPS) is 18.4. The van der Waals surface area contributed by atoms with Crippen LogP contribution in [0.15, 0.2) is 48.5 Å². The largest absolute Gasteiger partial charge is 0.495 e. The van der Waals surface area contributed by atoms with Gasteiger partial charge in [-0.05, 0) is 57.8 Å². The summed E-state index contributed by atoms with van der Waals surface area (Å²) in [6.45, 7) is 11.3. The van der Waals surface area contributed by atoms with Gasteiger partial charge in [-0.1, -0.05) is 42.0 Å². The lowest BCUT2D eigenvalue weighted by molar-refractivity contribution is 0.00578. The SMILES string of the molecule is Cc1ccc(N(C)Cc2ccccc2)cc1B1OC(C)(C)C(C)(C)O1. The number of rotatable bonds is 4. The van der Waals surface area contributed by atoms with Gasteiger partial charge >= 0.3 is 7.12 Å². The first kappa shape index (κ1) is 18.0. The molecule has 1 aliphatic heterocycles. The molecule has 0 radical (unpaired) electrons. The zero-order valence-electron chi connectivity index (χ0n) is 16.2. The van der Waals surface area contributed by atoms with Gasteiger partial charge in [-0.25, -0.2) is 0 Å². The van der Waals surface area contributed by atoms with Crippen LogP contribution in [-0.2, 0) is 15.9 Å². The molecule has 0 atom stereocenters. The minimum absolute atomic E-state index is 0.323. The molecule has 0 amide bonds. The van der Waals surface area contributed by atoms with Crippen LogP contribution in [0.5, 0.6) is 0 Å². The number of anilines is 1. The molecule has 0 aromatic heterocycles. The predicted octanol–water partition coefficient (Wildman–Crippen LogP) is 3.93. The second kappa shape index (κ2) is 6.51. The summed E-state index contributed by atoms with van der Waals surface area (Å²) in [6, 6.07) is 17.0. The Labute approximate surface area is 152 Å². The Morgan fingerprint density at radius 1 is 0.920 bits per heavy atom. The third kappa shape index (κ3) is 3.60. The van der Waals surface area contributed by atoms with Gasteiger partial charge in [0, 0.05) is 19.3 Å². The maximum atomic E-state index is 6.24. The zero-order chi connectivity index (χ0) is 18.2. The fourth-order valence-corrected chi connectivity index (χ4v) is 3.04. The van der Waals surface area contributed by atoms with E-state index < -0.39 is 0 Å². The molecule has 3 nitrogen and oxygen atoms in total.